The molecule has 0 unspecified atom stereocenters. The van der Waals surface area contributed by atoms with E-state index in [1.165, 1.54) is 44.1 Å². The predicted molar refractivity (Wildman–Crippen MR) is 66.3 cm³/mol. The van der Waals surface area contributed by atoms with Crippen LogP contribution in [0.15, 0.2) is 6.07 Å². The maximum atomic E-state index is 2.39. The summed E-state index contributed by atoms with van der Waals surface area (Å²) in [5.41, 5.74) is 1.52. The van der Waals surface area contributed by atoms with Crippen LogP contribution in [0.4, 0.5) is 0 Å². The molecule has 0 radical (unpaired) electrons. The van der Waals surface area contributed by atoms with Crippen LogP contribution in [-0.2, 0) is 12.8 Å². The normalized spacial score (nSPS) is 10.8. The highest BCUT2D eigenvalue weighted by Crippen LogP contribution is 2.24. The Balaban J connectivity index is 2.53. The van der Waals surface area contributed by atoms with Gasteiger partial charge in [0.15, 0.2) is 0 Å². The third-order valence-electron chi connectivity index (χ3n) is 2.61. The smallest absolute Gasteiger partial charge is 0.00773 e. The lowest BCUT2D eigenvalue weighted by Gasteiger charge is -1.96. The third-order valence-corrected chi connectivity index (χ3v) is 3.96. The van der Waals surface area contributed by atoms with Crippen LogP contribution in [0.25, 0.3) is 0 Å². The van der Waals surface area contributed by atoms with Gasteiger partial charge < -0.3 is 0 Å². The second-order valence-electron chi connectivity index (χ2n) is 4.03. The van der Waals surface area contributed by atoms with Crippen LogP contribution in [-0.4, -0.2) is 0 Å². The predicted octanol–water partition coefficient (Wildman–Crippen LogP) is 4.74. The largest absolute Gasteiger partial charge is 0.145 e. The Hall–Kier alpha value is -0.300. The van der Waals surface area contributed by atoms with Crippen LogP contribution in [0.1, 0.15) is 54.8 Å². The Morgan fingerprint density at radius 1 is 1.07 bits per heavy atom. The summed E-state index contributed by atoms with van der Waals surface area (Å²) in [5.74, 6) is 0. The molecule has 0 saturated carbocycles. The first kappa shape index (κ1) is 11.8. The lowest BCUT2D eigenvalue weighted by atomic mass is 10.1. The van der Waals surface area contributed by atoms with Crippen molar-refractivity contribution in [3.8, 4) is 0 Å². The molecular weight excluding hydrogens is 188 g/mol. The van der Waals surface area contributed by atoms with Crippen LogP contribution in [0, 0.1) is 6.92 Å². The fourth-order valence-corrected chi connectivity index (χ4v) is 2.91. The van der Waals surface area contributed by atoms with Gasteiger partial charge in [0.2, 0.25) is 0 Å². The van der Waals surface area contributed by atoms with E-state index in [1.807, 2.05) is 11.3 Å². The van der Waals surface area contributed by atoms with E-state index < -0.39 is 0 Å². The molecule has 80 valence electrons. The monoisotopic (exact) mass is 210 g/mol. The van der Waals surface area contributed by atoms with Crippen LogP contribution < -0.4 is 0 Å². The van der Waals surface area contributed by atoms with E-state index in [0.29, 0.717) is 0 Å². The first-order valence-corrected chi connectivity index (χ1v) is 6.67. The van der Waals surface area contributed by atoms with E-state index in [9.17, 15) is 0 Å². The minimum absolute atomic E-state index is 1.29. The molecule has 0 atom stereocenters. The molecule has 1 heteroatoms. The summed E-state index contributed by atoms with van der Waals surface area (Å²) in [4.78, 5) is 3.22. The molecule has 14 heavy (non-hydrogen) atoms. The van der Waals surface area contributed by atoms with Crippen LogP contribution in [0.5, 0.6) is 0 Å². The van der Waals surface area contributed by atoms with Crippen molar-refractivity contribution in [2.75, 3.05) is 0 Å². The molecule has 1 rings (SSSR count). The summed E-state index contributed by atoms with van der Waals surface area (Å²) in [6.45, 7) is 6.79. The summed E-state index contributed by atoms with van der Waals surface area (Å²) in [6.07, 6.45) is 7.87. The Labute approximate surface area is 92.4 Å². The van der Waals surface area contributed by atoms with Crippen molar-refractivity contribution in [3.05, 3.63) is 21.4 Å². The Morgan fingerprint density at radius 2 is 1.71 bits per heavy atom. The number of rotatable bonds is 6. The molecule has 0 spiro atoms. The average Bonchev–Trinajstić information content (AvgIpc) is 2.53. The molecule has 0 aliphatic heterocycles. The molecule has 1 heterocycles. The zero-order chi connectivity index (χ0) is 10.4. The maximum absolute atomic E-state index is 2.39. The second-order valence-corrected chi connectivity index (χ2v) is 5.25. The first-order chi connectivity index (χ1) is 6.77. The minimum Gasteiger partial charge on any atom is -0.145 e. The number of thiophene rings is 1. The van der Waals surface area contributed by atoms with E-state index in [4.69, 9.17) is 0 Å². The summed E-state index contributed by atoms with van der Waals surface area (Å²) >= 11 is 2.04. The fraction of sp³-hybridized carbons (Fsp3) is 0.692. The van der Waals surface area contributed by atoms with Gasteiger partial charge in [0, 0.05) is 9.75 Å². The lowest BCUT2D eigenvalue weighted by Crippen LogP contribution is -1.80. The van der Waals surface area contributed by atoms with E-state index >= 15 is 0 Å². The van der Waals surface area contributed by atoms with Gasteiger partial charge in [0.25, 0.3) is 0 Å². The van der Waals surface area contributed by atoms with Crippen molar-refractivity contribution in [3.63, 3.8) is 0 Å². The topological polar surface area (TPSA) is 0 Å². The SMILES string of the molecule is CCCCc1cc(C)c(CCCC)s1. The van der Waals surface area contributed by atoms with Crippen LogP contribution >= 0.6 is 11.3 Å². The van der Waals surface area contributed by atoms with Gasteiger partial charge in [0.05, 0.1) is 0 Å². The van der Waals surface area contributed by atoms with E-state index in [1.54, 1.807) is 9.75 Å². The van der Waals surface area contributed by atoms with Gasteiger partial charge in [-0.25, -0.2) is 0 Å². The lowest BCUT2D eigenvalue weighted by molar-refractivity contribution is 0.801. The molecule has 0 fully saturated rings. The number of unbranched alkanes of at least 4 members (excludes halogenated alkanes) is 2. The zero-order valence-electron chi connectivity index (χ0n) is 9.73. The number of aryl methyl sites for hydroxylation is 3. The van der Waals surface area contributed by atoms with Crippen molar-refractivity contribution in [2.24, 2.45) is 0 Å². The van der Waals surface area contributed by atoms with Gasteiger partial charge in [-0.2, -0.15) is 0 Å². The molecule has 0 aliphatic carbocycles. The molecule has 0 aromatic carbocycles. The van der Waals surface area contributed by atoms with Gasteiger partial charge in [-0.15, -0.1) is 11.3 Å². The standard InChI is InChI=1S/C13H22S/c1-4-6-8-12-10-11(3)13(14-12)9-7-5-2/h10H,4-9H2,1-3H3. The summed E-state index contributed by atoms with van der Waals surface area (Å²) in [7, 11) is 0. The van der Waals surface area contributed by atoms with Crippen molar-refractivity contribution in [1.82, 2.24) is 0 Å². The molecular formula is C13H22S. The molecule has 0 aliphatic rings. The highest BCUT2D eigenvalue weighted by Gasteiger charge is 2.04. The second kappa shape index (κ2) is 6.23. The van der Waals surface area contributed by atoms with Gasteiger partial charge in [-0.05, 0) is 44.2 Å². The Kier molecular flexibility index (Phi) is 5.24. The molecule has 0 N–H and O–H groups in total. The van der Waals surface area contributed by atoms with Gasteiger partial charge in [0.1, 0.15) is 0 Å². The molecule has 1 aromatic heterocycles. The number of hydrogen-bond donors (Lipinski definition) is 0. The zero-order valence-corrected chi connectivity index (χ0v) is 10.5. The van der Waals surface area contributed by atoms with Gasteiger partial charge in [-0.3, -0.25) is 0 Å². The van der Waals surface area contributed by atoms with Crippen molar-refractivity contribution < 1.29 is 0 Å². The molecule has 0 saturated heterocycles. The van der Waals surface area contributed by atoms with Crippen LogP contribution in [0.3, 0.4) is 0 Å². The average molecular weight is 210 g/mol. The Morgan fingerprint density at radius 3 is 2.36 bits per heavy atom. The van der Waals surface area contributed by atoms with Gasteiger partial charge in [-0.1, -0.05) is 26.7 Å². The highest BCUT2D eigenvalue weighted by molar-refractivity contribution is 7.12. The van der Waals surface area contributed by atoms with Crippen LogP contribution in [0.2, 0.25) is 0 Å². The van der Waals surface area contributed by atoms with Crippen molar-refractivity contribution in [1.29, 1.82) is 0 Å². The molecule has 1 aromatic rings. The van der Waals surface area contributed by atoms with Crippen molar-refractivity contribution in [2.45, 2.75) is 59.3 Å². The highest BCUT2D eigenvalue weighted by atomic mass is 32.1. The van der Waals surface area contributed by atoms with Gasteiger partial charge >= 0.3 is 0 Å². The van der Waals surface area contributed by atoms with E-state index in [2.05, 4.69) is 26.8 Å². The van der Waals surface area contributed by atoms with E-state index in [-0.39, 0.29) is 0 Å². The summed E-state index contributed by atoms with van der Waals surface area (Å²) in [5, 5.41) is 0. The fourth-order valence-electron chi connectivity index (χ4n) is 1.65. The number of hydrogen-bond acceptors (Lipinski definition) is 1. The molecule has 0 bridgehead atoms. The van der Waals surface area contributed by atoms with E-state index in [0.717, 1.165) is 0 Å². The summed E-state index contributed by atoms with van der Waals surface area (Å²) in [6, 6.07) is 2.39. The summed E-state index contributed by atoms with van der Waals surface area (Å²) < 4.78 is 0. The Bertz CT molecular complexity index is 260. The maximum Gasteiger partial charge on any atom is 0.00773 e. The quantitative estimate of drug-likeness (QED) is 0.636. The third kappa shape index (κ3) is 3.45. The minimum atomic E-state index is 1.29. The first-order valence-electron chi connectivity index (χ1n) is 5.86. The molecule has 0 amide bonds. The van der Waals surface area contributed by atoms with Crippen molar-refractivity contribution >= 4 is 11.3 Å². The molecule has 0 nitrogen and oxygen atoms in total.